The first-order chi connectivity index (χ1) is 15.2. The van der Waals surface area contributed by atoms with Gasteiger partial charge >= 0.3 is 0 Å². The molecule has 6 heteroatoms. The van der Waals surface area contributed by atoms with Gasteiger partial charge in [0.05, 0.1) is 11.0 Å². The Labute approximate surface area is 180 Å². The lowest BCUT2D eigenvalue weighted by atomic mass is 10.0. The van der Waals surface area contributed by atoms with Crippen LogP contribution in [0.5, 0.6) is 0 Å². The molecule has 1 aromatic heterocycles. The number of benzene rings is 3. The SMILES string of the molecule is O=C(NO)c1ccc2nc(-c3ccc(-c4ccc(CN5CCCC5)cc4)cc3)[nH]c2c1. The Bertz CT molecular complexity index is 1210. The molecule has 0 saturated carbocycles. The van der Waals surface area contributed by atoms with Gasteiger partial charge in [0.15, 0.2) is 0 Å². The molecule has 0 spiro atoms. The monoisotopic (exact) mass is 412 g/mol. The summed E-state index contributed by atoms with van der Waals surface area (Å²) in [7, 11) is 0. The lowest BCUT2D eigenvalue weighted by Crippen LogP contribution is -2.18. The van der Waals surface area contributed by atoms with Crippen LogP contribution in [0.25, 0.3) is 33.5 Å². The van der Waals surface area contributed by atoms with E-state index in [1.807, 2.05) is 12.1 Å². The lowest BCUT2D eigenvalue weighted by molar-refractivity contribution is 0.0706. The molecular weight excluding hydrogens is 388 g/mol. The number of nitrogens with zero attached hydrogens (tertiary/aromatic N) is 2. The van der Waals surface area contributed by atoms with Crippen LogP contribution in [0.15, 0.2) is 66.7 Å². The second-order valence-electron chi connectivity index (χ2n) is 8.02. The van der Waals surface area contributed by atoms with Crippen LogP contribution >= 0.6 is 0 Å². The highest BCUT2D eigenvalue weighted by molar-refractivity contribution is 5.97. The van der Waals surface area contributed by atoms with Crippen LogP contribution in [-0.4, -0.2) is 39.1 Å². The number of carbonyl (C=O) groups is 1. The van der Waals surface area contributed by atoms with Gasteiger partial charge in [-0.25, -0.2) is 10.5 Å². The van der Waals surface area contributed by atoms with Crippen LogP contribution in [0.3, 0.4) is 0 Å². The van der Waals surface area contributed by atoms with Gasteiger partial charge in [0.25, 0.3) is 5.91 Å². The highest BCUT2D eigenvalue weighted by Gasteiger charge is 2.12. The van der Waals surface area contributed by atoms with E-state index in [4.69, 9.17) is 5.21 Å². The Morgan fingerprint density at radius 3 is 2.26 bits per heavy atom. The van der Waals surface area contributed by atoms with Crippen molar-refractivity contribution < 1.29 is 10.0 Å². The van der Waals surface area contributed by atoms with E-state index in [1.165, 1.54) is 37.1 Å². The molecule has 0 atom stereocenters. The number of hydroxylamine groups is 1. The molecule has 3 aromatic carbocycles. The predicted octanol–water partition coefficient (Wildman–Crippen LogP) is 4.61. The van der Waals surface area contributed by atoms with E-state index in [0.29, 0.717) is 5.56 Å². The fourth-order valence-electron chi connectivity index (χ4n) is 4.17. The second kappa shape index (κ2) is 8.34. The van der Waals surface area contributed by atoms with Gasteiger partial charge in [-0.1, -0.05) is 48.5 Å². The molecule has 1 aliphatic rings. The van der Waals surface area contributed by atoms with E-state index in [1.54, 1.807) is 23.7 Å². The molecule has 3 N–H and O–H groups in total. The minimum atomic E-state index is -0.547. The van der Waals surface area contributed by atoms with Crippen molar-refractivity contribution >= 4 is 16.9 Å². The van der Waals surface area contributed by atoms with Gasteiger partial charge in [-0.15, -0.1) is 0 Å². The minimum Gasteiger partial charge on any atom is -0.338 e. The van der Waals surface area contributed by atoms with Gasteiger partial charge in [0.1, 0.15) is 5.82 Å². The maximum Gasteiger partial charge on any atom is 0.274 e. The largest absolute Gasteiger partial charge is 0.338 e. The highest BCUT2D eigenvalue weighted by atomic mass is 16.5. The summed E-state index contributed by atoms with van der Waals surface area (Å²) >= 11 is 0. The number of amides is 1. The van der Waals surface area contributed by atoms with Crippen molar-refractivity contribution in [2.24, 2.45) is 0 Å². The van der Waals surface area contributed by atoms with Crippen LogP contribution < -0.4 is 5.48 Å². The number of carbonyl (C=O) groups excluding carboxylic acids is 1. The zero-order valence-electron chi connectivity index (χ0n) is 17.1. The van der Waals surface area contributed by atoms with Crippen molar-refractivity contribution in [3.63, 3.8) is 0 Å². The van der Waals surface area contributed by atoms with Gasteiger partial charge in [-0.2, -0.15) is 0 Å². The van der Waals surface area contributed by atoms with Crippen molar-refractivity contribution in [2.75, 3.05) is 13.1 Å². The Morgan fingerprint density at radius 2 is 1.58 bits per heavy atom. The normalized spacial score (nSPS) is 14.2. The Kier molecular flexibility index (Phi) is 5.24. The van der Waals surface area contributed by atoms with Gasteiger partial charge in [-0.3, -0.25) is 14.9 Å². The number of H-pyrrole nitrogens is 1. The molecule has 156 valence electrons. The van der Waals surface area contributed by atoms with E-state index < -0.39 is 5.91 Å². The molecule has 4 aromatic rings. The molecule has 1 amide bonds. The number of aromatic amines is 1. The summed E-state index contributed by atoms with van der Waals surface area (Å²) in [4.78, 5) is 22.0. The predicted molar refractivity (Wildman–Crippen MR) is 121 cm³/mol. The van der Waals surface area contributed by atoms with Crippen molar-refractivity contribution in [1.29, 1.82) is 0 Å². The summed E-state index contributed by atoms with van der Waals surface area (Å²) in [5, 5.41) is 8.81. The van der Waals surface area contributed by atoms with E-state index >= 15 is 0 Å². The third-order valence-corrected chi connectivity index (χ3v) is 5.90. The van der Waals surface area contributed by atoms with Crippen molar-refractivity contribution in [1.82, 2.24) is 20.3 Å². The molecule has 0 radical (unpaired) electrons. The van der Waals surface area contributed by atoms with Crippen molar-refractivity contribution in [3.8, 4) is 22.5 Å². The van der Waals surface area contributed by atoms with E-state index in [9.17, 15) is 4.79 Å². The lowest BCUT2D eigenvalue weighted by Gasteiger charge is -2.14. The fourth-order valence-corrected chi connectivity index (χ4v) is 4.17. The van der Waals surface area contributed by atoms with E-state index in [-0.39, 0.29) is 0 Å². The number of nitrogens with one attached hydrogen (secondary N) is 2. The number of aromatic nitrogens is 2. The van der Waals surface area contributed by atoms with Crippen molar-refractivity contribution in [2.45, 2.75) is 19.4 Å². The zero-order valence-corrected chi connectivity index (χ0v) is 17.1. The smallest absolute Gasteiger partial charge is 0.274 e. The highest BCUT2D eigenvalue weighted by Crippen LogP contribution is 2.26. The molecule has 0 unspecified atom stereocenters. The summed E-state index contributed by atoms with van der Waals surface area (Å²) in [6.07, 6.45) is 2.63. The van der Waals surface area contributed by atoms with Gasteiger partial charge < -0.3 is 4.98 Å². The first kappa shape index (κ1) is 19.5. The third-order valence-electron chi connectivity index (χ3n) is 5.90. The summed E-state index contributed by atoms with van der Waals surface area (Å²) in [6.45, 7) is 3.45. The standard InChI is InChI=1S/C25H24N4O2/c30-25(28-31)21-11-12-22-23(15-21)27-24(26-22)20-9-7-19(8-10-20)18-5-3-17(4-6-18)16-29-13-1-2-14-29/h3-12,15,31H,1-2,13-14,16H2,(H,26,27)(H,28,30). The molecule has 1 fully saturated rings. The summed E-state index contributed by atoms with van der Waals surface area (Å²) < 4.78 is 0. The fraction of sp³-hybridized carbons (Fsp3) is 0.200. The molecule has 6 nitrogen and oxygen atoms in total. The Balaban J connectivity index is 1.34. The Hall–Kier alpha value is -3.48. The van der Waals surface area contributed by atoms with Gasteiger partial charge in [0, 0.05) is 17.7 Å². The van der Waals surface area contributed by atoms with E-state index in [0.717, 1.165) is 34.5 Å². The summed E-state index contributed by atoms with van der Waals surface area (Å²) in [5.41, 5.74) is 8.22. The number of imidazole rings is 1. The number of hydrogen-bond donors (Lipinski definition) is 3. The van der Waals surface area contributed by atoms with Crippen LogP contribution in [0.1, 0.15) is 28.8 Å². The van der Waals surface area contributed by atoms with Crippen LogP contribution in [-0.2, 0) is 6.54 Å². The molecule has 2 heterocycles. The van der Waals surface area contributed by atoms with E-state index in [2.05, 4.69) is 51.3 Å². The van der Waals surface area contributed by atoms with Gasteiger partial charge in [-0.05, 0) is 60.8 Å². The third kappa shape index (κ3) is 4.08. The molecule has 1 aliphatic heterocycles. The quantitative estimate of drug-likeness (QED) is 0.330. The molecular formula is C25H24N4O2. The molecule has 5 rings (SSSR count). The number of likely N-dealkylation sites (tertiary alicyclic amines) is 1. The average Bonchev–Trinajstić information content (AvgIpc) is 3.48. The van der Waals surface area contributed by atoms with Crippen molar-refractivity contribution in [3.05, 3.63) is 77.9 Å². The molecule has 31 heavy (non-hydrogen) atoms. The maximum absolute atomic E-state index is 11.6. The first-order valence-electron chi connectivity index (χ1n) is 10.6. The summed E-state index contributed by atoms with van der Waals surface area (Å²) in [5.74, 6) is 0.193. The molecule has 0 bridgehead atoms. The molecule has 1 saturated heterocycles. The van der Waals surface area contributed by atoms with Gasteiger partial charge in [0.2, 0.25) is 0 Å². The first-order valence-corrected chi connectivity index (χ1v) is 10.6. The molecule has 0 aliphatic carbocycles. The zero-order chi connectivity index (χ0) is 21.2. The van der Waals surface area contributed by atoms with Crippen LogP contribution in [0.4, 0.5) is 0 Å². The maximum atomic E-state index is 11.6. The topological polar surface area (TPSA) is 81.2 Å². The number of rotatable bonds is 5. The van der Waals surface area contributed by atoms with Crippen LogP contribution in [0.2, 0.25) is 0 Å². The number of fused-ring (bicyclic) bond motifs is 1. The summed E-state index contributed by atoms with van der Waals surface area (Å²) in [6, 6.07) is 22.2. The Morgan fingerprint density at radius 1 is 0.935 bits per heavy atom. The minimum absolute atomic E-state index is 0.369. The number of hydrogen-bond acceptors (Lipinski definition) is 4. The average molecular weight is 412 g/mol. The second-order valence-corrected chi connectivity index (χ2v) is 8.02. The van der Waals surface area contributed by atoms with Crippen LogP contribution in [0, 0.1) is 0 Å².